The number of carbonyl (C=O) groups excluding carboxylic acids is 1. The van der Waals surface area contributed by atoms with Crippen molar-refractivity contribution in [1.82, 2.24) is 15.1 Å². The number of aromatic nitrogens is 3. The van der Waals surface area contributed by atoms with E-state index in [1.165, 1.54) is 0 Å². The van der Waals surface area contributed by atoms with Gasteiger partial charge in [0, 0.05) is 12.1 Å². The molecule has 1 amide bonds. The van der Waals surface area contributed by atoms with E-state index in [0.717, 1.165) is 5.69 Å². The van der Waals surface area contributed by atoms with Gasteiger partial charge in [-0.3, -0.25) is 4.79 Å². The number of para-hydroxylation sites is 2. The Morgan fingerprint density at radius 1 is 1.11 bits per heavy atom. The first-order valence-electron chi connectivity index (χ1n) is 8.54. The number of hydrogen-bond donors (Lipinski definition) is 2. The van der Waals surface area contributed by atoms with Crippen LogP contribution in [0.1, 0.15) is 35.9 Å². The highest BCUT2D eigenvalue weighted by molar-refractivity contribution is 6.02. The van der Waals surface area contributed by atoms with Gasteiger partial charge in [-0.1, -0.05) is 17.3 Å². The maximum absolute atomic E-state index is 12.5. The van der Waals surface area contributed by atoms with Crippen LogP contribution in [-0.2, 0) is 0 Å². The molecule has 140 valence electrons. The number of nitrogens with one attached hydrogen (secondary N) is 2. The van der Waals surface area contributed by atoms with Crippen molar-refractivity contribution >= 4 is 23.2 Å². The van der Waals surface area contributed by atoms with E-state index < -0.39 is 5.91 Å². The maximum Gasteiger partial charge on any atom is 0.275 e. The van der Waals surface area contributed by atoms with Crippen LogP contribution in [0.15, 0.2) is 40.9 Å². The van der Waals surface area contributed by atoms with Crippen molar-refractivity contribution in [3.63, 3.8) is 0 Å². The Kier molecular flexibility index (Phi) is 5.35. The minimum absolute atomic E-state index is 0.0346. The Balaban J connectivity index is 1.82. The topological polar surface area (TPSA) is 102 Å². The first kappa shape index (κ1) is 18.4. The van der Waals surface area contributed by atoms with E-state index in [2.05, 4.69) is 25.8 Å². The smallest absolute Gasteiger partial charge is 0.275 e. The third-order valence-corrected chi connectivity index (χ3v) is 3.45. The van der Waals surface area contributed by atoms with Crippen LogP contribution in [0.25, 0.3) is 0 Å². The maximum atomic E-state index is 12.5. The average molecular weight is 367 g/mol. The molecule has 8 nitrogen and oxygen atoms in total. The molecule has 0 aliphatic rings. The number of aryl methyl sites for hydroxylation is 2. The van der Waals surface area contributed by atoms with Crippen molar-refractivity contribution in [3.05, 3.63) is 53.7 Å². The van der Waals surface area contributed by atoms with Crippen molar-refractivity contribution in [1.29, 1.82) is 0 Å². The van der Waals surface area contributed by atoms with Gasteiger partial charge in [-0.05, 0) is 39.8 Å². The molecule has 27 heavy (non-hydrogen) atoms. The standard InChI is InChI=1S/C19H21N5O3/c1-11(2)26-16-8-6-5-7-14(16)22-17-10-15(20-13(4)21-17)19(25)23-18-9-12(3)27-24-18/h5-11H,1-4H3,(H,20,21,22)(H,23,24,25). The van der Waals surface area contributed by atoms with Crippen LogP contribution < -0.4 is 15.4 Å². The van der Waals surface area contributed by atoms with Crippen molar-refractivity contribution in [2.24, 2.45) is 0 Å². The van der Waals surface area contributed by atoms with Crippen molar-refractivity contribution < 1.29 is 14.1 Å². The summed E-state index contributed by atoms with van der Waals surface area (Å²) in [6, 6.07) is 10.7. The van der Waals surface area contributed by atoms with Crippen molar-refractivity contribution in [2.45, 2.75) is 33.8 Å². The molecule has 0 saturated heterocycles. The molecule has 2 N–H and O–H groups in total. The van der Waals surface area contributed by atoms with Crippen molar-refractivity contribution in [3.8, 4) is 5.75 Å². The average Bonchev–Trinajstić information content (AvgIpc) is 3.00. The molecule has 0 aliphatic carbocycles. The number of amides is 1. The van der Waals surface area contributed by atoms with Gasteiger partial charge in [0.15, 0.2) is 5.82 Å². The summed E-state index contributed by atoms with van der Waals surface area (Å²) in [6.45, 7) is 7.38. The first-order chi connectivity index (χ1) is 12.9. The first-order valence-corrected chi connectivity index (χ1v) is 8.54. The van der Waals surface area contributed by atoms with Crippen LogP contribution in [0, 0.1) is 13.8 Å². The minimum atomic E-state index is -0.399. The quantitative estimate of drug-likeness (QED) is 0.682. The molecular weight excluding hydrogens is 346 g/mol. The summed E-state index contributed by atoms with van der Waals surface area (Å²) < 4.78 is 10.8. The van der Waals surface area contributed by atoms with Crippen LogP contribution >= 0.6 is 0 Å². The van der Waals surface area contributed by atoms with E-state index >= 15 is 0 Å². The molecule has 0 bridgehead atoms. The van der Waals surface area contributed by atoms with E-state index in [-0.39, 0.29) is 11.8 Å². The number of anilines is 3. The molecule has 0 atom stereocenters. The van der Waals surface area contributed by atoms with Gasteiger partial charge in [0.05, 0.1) is 11.8 Å². The van der Waals surface area contributed by atoms with Gasteiger partial charge in [0.25, 0.3) is 5.91 Å². The summed E-state index contributed by atoms with van der Waals surface area (Å²) in [7, 11) is 0. The molecule has 0 unspecified atom stereocenters. The molecule has 1 aromatic carbocycles. The molecule has 3 rings (SSSR count). The largest absolute Gasteiger partial charge is 0.489 e. The number of rotatable bonds is 6. The van der Waals surface area contributed by atoms with Crippen molar-refractivity contribution in [2.75, 3.05) is 10.6 Å². The highest BCUT2D eigenvalue weighted by Gasteiger charge is 2.14. The summed E-state index contributed by atoms with van der Waals surface area (Å²) in [5.74, 6) is 2.19. The number of benzene rings is 1. The fourth-order valence-corrected chi connectivity index (χ4v) is 2.42. The fourth-order valence-electron chi connectivity index (χ4n) is 2.42. The lowest BCUT2D eigenvalue weighted by atomic mass is 10.2. The lowest BCUT2D eigenvalue weighted by Gasteiger charge is -2.15. The summed E-state index contributed by atoms with van der Waals surface area (Å²) in [4.78, 5) is 21.0. The Morgan fingerprint density at radius 2 is 1.89 bits per heavy atom. The summed E-state index contributed by atoms with van der Waals surface area (Å²) in [5.41, 5.74) is 0.968. The SMILES string of the molecule is Cc1nc(Nc2ccccc2OC(C)C)cc(C(=O)Nc2cc(C)on2)n1. The number of nitrogens with zero attached hydrogens (tertiary/aromatic N) is 3. The lowest BCUT2D eigenvalue weighted by Crippen LogP contribution is -2.15. The number of hydrogen-bond acceptors (Lipinski definition) is 7. The highest BCUT2D eigenvalue weighted by atomic mass is 16.5. The van der Waals surface area contributed by atoms with Crippen LogP contribution in [0.5, 0.6) is 5.75 Å². The van der Waals surface area contributed by atoms with E-state index in [1.54, 1.807) is 26.0 Å². The molecule has 2 aromatic heterocycles. The van der Waals surface area contributed by atoms with Gasteiger partial charge in [0.2, 0.25) is 0 Å². The van der Waals surface area contributed by atoms with Gasteiger partial charge in [-0.15, -0.1) is 0 Å². The Bertz CT molecular complexity index is 952. The Hall–Kier alpha value is -3.42. The van der Waals surface area contributed by atoms with E-state index in [1.807, 2.05) is 38.1 Å². The van der Waals surface area contributed by atoms with Crippen LogP contribution in [-0.4, -0.2) is 27.1 Å². The highest BCUT2D eigenvalue weighted by Crippen LogP contribution is 2.27. The summed E-state index contributed by atoms with van der Waals surface area (Å²) >= 11 is 0. The predicted molar refractivity (Wildman–Crippen MR) is 101 cm³/mol. The van der Waals surface area contributed by atoms with Crippen LogP contribution in [0.4, 0.5) is 17.3 Å². The van der Waals surface area contributed by atoms with E-state index in [4.69, 9.17) is 9.26 Å². The minimum Gasteiger partial charge on any atom is -0.489 e. The second-order valence-corrected chi connectivity index (χ2v) is 6.25. The molecule has 3 aromatic rings. The number of carbonyl (C=O) groups is 1. The van der Waals surface area contributed by atoms with Gasteiger partial charge in [-0.2, -0.15) is 0 Å². The monoisotopic (exact) mass is 367 g/mol. The van der Waals surface area contributed by atoms with E-state index in [9.17, 15) is 4.79 Å². The fraction of sp³-hybridized carbons (Fsp3) is 0.263. The van der Waals surface area contributed by atoms with Gasteiger partial charge in [-0.25, -0.2) is 9.97 Å². The molecule has 0 fully saturated rings. The van der Waals surface area contributed by atoms with Gasteiger partial charge >= 0.3 is 0 Å². The van der Waals surface area contributed by atoms with Gasteiger partial charge < -0.3 is 19.9 Å². The molecule has 2 heterocycles. The molecule has 0 aliphatic heterocycles. The second-order valence-electron chi connectivity index (χ2n) is 6.25. The molecular formula is C19H21N5O3. The third-order valence-electron chi connectivity index (χ3n) is 3.45. The molecule has 0 saturated carbocycles. The molecule has 8 heteroatoms. The Morgan fingerprint density at radius 3 is 2.59 bits per heavy atom. The lowest BCUT2D eigenvalue weighted by molar-refractivity contribution is 0.102. The van der Waals surface area contributed by atoms with Crippen LogP contribution in [0.3, 0.4) is 0 Å². The zero-order valence-electron chi connectivity index (χ0n) is 15.6. The van der Waals surface area contributed by atoms with Crippen LogP contribution in [0.2, 0.25) is 0 Å². The predicted octanol–water partition coefficient (Wildman–Crippen LogP) is 3.86. The Labute approximate surface area is 157 Å². The summed E-state index contributed by atoms with van der Waals surface area (Å²) in [5, 5.41) is 9.59. The summed E-state index contributed by atoms with van der Waals surface area (Å²) in [6.07, 6.45) is 0.0346. The zero-order chi connectivity index (χ0) is 19.4. The normalized spacial score (nSPS) is 10.7. The van der Waals surface area contributed by atoms with Gasteiger partial charge in [0.1, 0.15) is 28.8 Å². The molecule has 0 spiro atoms. The third kappa shape index (κ3) is 4.81. The molecule has 0 radical (unpaired) electrons. The zero-order valence-corrected chi connectivity index (χ0v) is 15.6. The van der Waals surface area contributed by atoms with E-state index in [0.29, 0.717) is 29.0 Å². The second kappa shape index (κ2) is 7.86. The number of ether oxygens (including phenoxy) is 1.